The van der Waals surface area contributed by atoms with Gasteiger partial charge in [-0.2, -0.15) is 5.26 Å². The Morgan fingerprint density at radius 1 is 1.16 bits per heavy atom. The van der Waals surface area contributed by atoms with Crippen molar-refractivity contribution in [1.29, 1.82) is 5.26 Å². The van der Waals surface area contributed by atoms with Crippen LogP contribution in [0, 0.1) is 25.2 Å². The van der Waals surface area contributed by atoms with Gasteiger partial charge >= 0.3 is 5.97 Å². The zero-order chi connectivity index (χ0) is 23.4. The third-order valence-corrected chi connectivity index (χ3v) is 5.24. The maximum atomic E-state index is 12.6. The van der Waals surface area contributed by atoms with Gasteiger partial charge in [0.15, 0.2) is 0 Å². The van der Waals surface area contributed by atoms with E-state index in [9.17, 15) is 20.0 Å². The van der Waals surface area contributed by atoms with Crippen molar-refractivity contribution in [3.8, 4) is 17.5 Å². The number of benzene rings is 2. The van der Waals surface area contributed by atoms with Gasteiger partial charge in [-0.25, -0.2) is 4.79 Å². The lowest BCUT2D eigenvalue weighted by Crippen LogP contribution is -2.13. The highest BCUT2D eigenvalue weighted by Gasteiger charge is 2.17. The third kappa shape index (κ3) is 4.66. The summed E-state index contributed by atoms with van der Waals surface area (Å²) in [6.07, 6.45) is 1.49. The number of amides is 1. The van der Waals surface area contributed by atoms with Crippen LogP contribution in [0.4, 0.5) is 5.69 Å². The van der Waals surface area contributed by atoms with Crippen molar-refractivity contribution in [3.05, 3.63) is 81.6 Å². The highest BCUT2D eigenvalue weighted by Crippen LogP contribution is 2.29. The van der Waals surface area contributed by atoms with Gasteiger partial charge in [-0.3, -0.25) is 4.79 Å². The van der Waals surface area contributed by atoms with Gasteiger partial charge in [0.25, 0.3) is 5.91 Å². The number of rotatable bonds is 6. The van der Waals surface area contributed by atoms with Gasteiger partial charge in [0.2, 0.25) is 0 Å². The minimum atomic E-state index is -1.06. The van der Waals surface area contributed by atoms with Crippen LogP contribution in [0.3, 0.4) is 0 Å². The summed E-state index contributed by atoms with van der Waals surface area (Å²) in [6, 6.07) is 14.9. The van der Waals surface area contributed by atoms with E-state index in [2.05, 4.69) is 5.32 Å². The molecule has 2 N–H and O–H groups in total. The van der Waals surface area contributed by atoms with E-state index >= 15 is 0 Å². The molecular weight excluding hydrogens is 430 g/mol. The number of nitriles is 1. The number of aromatic carboxylic acids is 1. The normalized spacial score (nSPS) is 11.0. The van der Waals surface area contributed by atoms with E-state index in [4.69, 9.17) is 16.3 Å². The molecule has 32 heavy (non-hydrogen) atoms. The lowest BCUT2D eigenvalue weighted by atomic mass is 10.1. The first kappa shape index (κ1) is 22.7. The van der Waals surface area contributed by atoms with E-state index in [1.807, 2.05) is 13.0 Å². The molecular formula is C24H20ClN3O4. The molecule has 0 aliphatic rings. The molecule has 0 unspecified atom stereocenters. The number of anilines is 1. The second-order valence-corrected chi connectivity index (χ2v) is 7.39. The van der Waals surface area contributed by atoms with Crippen molar-refractivity contribution in [1.82, 2.24) is 4.57 Å². The van der Waals surface area contributed by atoms with Crippen molar-refractivity contribution >= 4 is 35.2 Å². The van der Waals surface area contributed by atoms with Gasteiger partial charge in [-0.1, -0.05) is 11.6 Å². The smallest absolute Gasteiger partial charge is 0.335 e. The number of aromatic nitrogens is 1. The monoisotopic (exact) mass is 449 g/mol. The molecule has 1 amide bonds. The van der Waals surface area contributed by atoms with E-state index in [0.29, 0.717) is 33.4 Å². The molecule has 1 heterocycles. The van der Waals surface area contributed by atoms with Crippen molar-refractivity contribution in [2.24, 2.45) is 0 Å². The summed E-state index contributed by atoms with van der Waals surface area (Å²) < 4.78 is 6.88. The predicted octanol–water partition coefficient (Wildman–Crippen LogP) is 5.00. The maximum absolute atomic E-state index is 12.6. The third-order valence-electron chi connectivity index (χ3n) is 4.92. The fraction of sp³-hybridized carbons (Fsp3) is 0.125. The zero-order valence-corrected chi connectivity index (χ0v) is 18.4. The van der Waals surface area contributed by atoms with E-state index in [1.165, 1.54) is 24.3 Å². The number of nitrogens with one attached hydrogen (secondary N) is 1. The largest absolute Gasteiger partial charge is 0.497 e. The van der Waals surface area contributed by atoms with Crippen LogP contribution in [0.25, 0.3) is 11.8 Å². The highest BCUT2D eigenvalue weighted by atomic mass is 35.5. The lowest BCUT2D eigenvalue weighted by molar-refractivity contribution is -0.112. The molecule has 162 valence electrons. The van der Waals surface area contributed by atoms with Crippen LogP contribution in [-0.4, -0.2) is 28.7 Å². The van der Waals surface area contributed by atoms with Crippen LogP contribution in [0.1, 0.15) is 27.3 Å². The molecule has 8 heteroatoms. The molecule has 2 aromatic carbocycles. The second kappa shape index (κ2) is 9.41. The molecule has 0 fully saturated rings. The van der Waals surface area contributed by atoms with Crippen molar-refractivity contribution in [3.63, 3.8) is 0 Å². The number of methoxy groups -OCH3 is 1. The van der Waals surface area contributed by atoms with E-state index in [1.54, 1.807) is 48.9 Å². The number of carboxylic acids is 1. The number of halogens is 1. The minimum absolute atomic E-state index is 0.0774. The van der Waals surface area contributed by atoms with Gasteiger partial charge in [0.1, 0.15) is 17.4 Å². The minimum Gasteiger partial charge on any atom is -0.497 e. The second-order valence-electron chi connectivity index (χ2n) is 6.99. The number of carbonyl (C=O) groups excluding carboxylic acids is 1. The van der Waals surface area contributed by atoms with E-state index < -0.39 is 11.9 Å². The summed E-state index contributed by atoms with van der Waals surface area (Å²) in [5.74, 6) is -0.960. The van der Waals surface area contributed by atoms with Crippen LogP contribution < -0.4 is 10.1 Å². The Labute approximate surface area is 190 Å². The first-order valence-corrected chi connectivity index (χ1v) is 9.92. The van der Waals surface area contributed by atoms with Crippen LogP contribution in [0.5, 0.6) is 5.75 Å². The Bertz CT molecular complexity index is 1270. The van der Waals surface area contributed by atoms with Crippen molar-refractivity contribution in [2.45, 2.75) is 13.8 Å². The quantitative estimate of drug-likeness (QED) is 0.407. The van der Waals surface area contributed by atoms with Gasteiger partial charge in [-0.05, 0) is 74.0 Å². The zero-order valence-electron chi connectivity index (χ0n) is 17.6. The number of ether oxygens (including phenoxy) is 1. The molecule has 0 aliphatic heterocycles. The molecule has 0 saturated heterocycles. The van der Waals surface area contributed by atoms with E-state index in [0.717, 1.165) is 5.69 Å². The molecule has 0 aliphatic carbocycles. The highest BCUT2D eigenvalue weighted by molar-refractivity contribution is 6.32. The molecule has 0 saturated carbocycles. The van der Waals surface area contributed by atoms with Gasteiger partial charge in [0, 0.05) is 17.1 Å². The number of carboxylic acid groups (broad SMARTS) is 1. The Morgan fingerprint density at radius 3 is 2.44 bits per heavy atom. The summed E-state index contributed by atoms with van der Waals surface area (Å²) >= 11 is 6.33. The summed E-state index contributed by atoms with van der Waals surface area (Å²) in [7, 11) is 1.55. The van der Waals surface area contributed by atoms with Crippen LogP contribution in [0.2, 0.25) is 5.02 Å². The molecule has 0 radical (unpaired) electrons. The molecule has 3 aromatic rings. The number of hydrogen-bond acceptors (Lipinski definition) is 4. The summed E-state index contributed by atoms with van der Waals surface area (Å²) in [5.41, 5.74) is 3.17. The fourth-order valence-electron chi connectivity index (χ4n) is 3.30. The Kier molecular flexibility index (Phi) is 6.67. The standard InChI is InChI=1S/C24H20ClN3O4/c1-14-10-17(15(2)28(14)22-12-16(24(30)31)4-9-21(22)25)11-18(13-26)23(29)27-19-5-7-20(32-3)8-6-19/h4-12H,1-3H3,(H,27,29)(H,30,31)/b18-11-. The maximum Gasteiger partial charge on any atom is 0.335 e. The number of hydrogen-bond donors (Lipinski definition) is 2. The Morgan fingerprint density at radius 2 is 1.84 bits per heavy atom. The van der Waals surface area contributed by atoms with Crippen molar-refractivity contribution < 1.29 is 19.4 Å². The number of aryl methyl sites for hydroxylation is 1. The van der Waals surface area contributed by atoms with Crippen LogP contribution >= 0.6 is 11.6 Å². The first-order chi connectivity index (χ1) is 15.2. The van der Waals surface area contributed by atoms with Gasteiger partial charge < -0.3 is 19.7 Å². The predicted molar refractivity (Wildman–Crippen MR) is 122 cm³/mol. The van der Waals surface area contributed by atoms with Crippen molar-refractivity contribution in [2.75, 3.05) is 12.4 Å². The molecule has 1 aromatic heterocycles. The first-order valence-electron chi connectivity index (χ1n) is 9.54. The van der Waals surface area contributed by atoms with Gasteiger partial charge in [0.05, 0.1) is 23.4 Å². The van der Waals surface area contributed by atoms with Crippen LogP contribution in [-0.2, 0) is 4.79 Å². The number of nitrogens with zero attached hydrogens (tertiary/aromatic N) is 2. The number of carbonyl (C=O) groups is 2. The summed E-state index contributed by atoms with van der Waals surface area (Å²) in [5, 5.41) is 21.9. The SMILES string of the molecule is COc1ccc(NC(=O)/C(C#N)=C\c2cc(C)n(-c3cc(C(=O)O)ccc3Cl)c2C)cc1. The van der Waals surface area contributed by atoms with Gasteiger partial charge in [-0.15, -0.1) is 0 Å². The Balaban J connectivity index is 1.96. The lowest BCUT2D eigenvalue weighted by Gasteiger charge is -2.12. The average molecular weight is 450 g/mol. The topological polar surface area (TPSA) is 104 Å². The summed E-state index contributed by atoms with van der Waals surface area (Å²) in [4.78, 5) is 24.0. The molecule has 0 spiro atoms. The Hall–Kier alpha value is -4.02. The van der Waals surface area contributed by atoms with Crippen LogP contribution in [0.15, 0.2) is 54.1 Å². The fourth-order valence-corrected chi connectivity index (χ4v) is 3.50. The molecule has 7 nitrogen and oxygen atoms in total. The molecule has 0 bridgehead atoms. The summed E-state index contributed by atoms with van der Waals surface area (Å²) in [6.45, 7) is 3.64. The molecule has 0 atom stereocenters. The average Bonchev–Trinajstić information content (AvgIpc) is 3.05. The molecule has 3 rings (SSSR count). The van der Waals surface area contributed by atoms with E-state index in [-0.39, 0.29) is 11.1 Å².